The SMILES string of the molecule is CCCCOc1ccc(C(=O)NN2C(=O)[C@@H]3[C@H](C2=O)[C@@H]2CC[C@@H]3O2)cc1. The molecule has 1 aromatic rings. The van der Waals surface area contributed by atoms with Gasteiger partial charge in [0.1, 0.15) is 5.75 Å². The third-order valence-electron chi connectivity index (χ3n) is 5.38. The fourth-order valence-corrected chi connectivity index (χ4v) is 4.03. The molecule has 2 bridgehead atoms. The highest BCUT2D eigenvalue weighted by Crippen LogP contribution is 2.48. The third kappa shape index (κ3) is 2.76. The number of hydrogen-bond donors (Lipinski definition) is 1. The summed E-state index contributed by atoms with van der Waals surface area (Å²) in [6.45, 7) is 2.72. The van der Waals surface area contributed by atoms with Crippen LogP contribution in [0.25, 0.3) is 0 Å². The molecule has 138 valence electrons. The van der Waals surface area contributed by atoms with E-state index in [9.17, 15) is 14.4 Å². The summed E-state index contributed by atoms with van der Waals surface area (Å²) in [6.07, 6.45) is 3.23. The second kappa shape index (κ2) is 6.72. The summed E-state index contributed by atoms with van der Waals surface area (Å²) in [5.74, 6) is -1.42. The number of hydrazine groups is 1. The quantitative estimate of drug-likeness (QED) is 0.618. The maximum Gasteiger partial charge on any atom is 0.270 e. The molecule has 0 saturated carbocycles. The normalized spacial score (nSPS) is 29.2. The minimum Gasteiger partial charge on any atom is -0.494 e. The Balaban J connectivity index is 1.40. The van der Waals surface area contributed by atoms with Crippen molar-refractivity contribution in [3.8, 4) is 5.75 Å². The van der Waals surface area contributed by atoms with E-state index in [0.717, 1.165) is 30.7 Å². The molecule has 26 heavy (non-hydrogen) atoms. The van der Waals surface area contributed by atoms with Gasteiger partial charge in [-0.3, -0.25) is 19.8 Å². The van der Waals surface area contributed by atoms with E-state index in [1.165, 1.54) is 0 Å². The topological polar surface area (TPSA) is 84.9 Å². The molecule has 0 aromatic heterocycles. The minimum absolute atomic E-state index is 0.192. The maximum absolute atomic E-state index is 12.5. The lowest BCUT2D eigenvalue weighted by Gasteiger charge is -2.18. The Hall–Kier alpha value is -2.41. The lowest BCUT2D eigenvalue weighted by atomic mass is 9.81. The fraction of sp³-hybridized carbons (Fsp3) is 0.526. The molecule has 7 heteroatoms. The predicted molar refractivity (Wildman–Crippen MR) is 91.0 cm³/mol. The molecule has 3 saturated heterocycles. The van der Waals surface area contributed by atoms with E-state index in [4.69, 9.17) is 9.47 Å². The van der Waals surface area contributed by atoms with Crippen LogP contribution in [0.15, 0.2) is 24.3 Å². The number of fused-ring (bicyclic) bond motifs is 5. The molecule has 0 spiro atoms. The van der Waals surface area contributed by atoms with Crippen LogP contribution in [0.5, 0.6) is 5.75 Å². The number of nitrogens with zero attached hydrogens (tertiary/aromatic N) is 1. The van der Waals surface area contributed by atoms with Gasteiger partial charge >= 0.3 is 0 Å². The van der Waals surface area contributed by atoms with Crippen LogP contribution < -0.4 is 10.2 Å². The van der Waals surface area contributed by atoms with Crippen molar-refractivity contribution in [2.45, 2.75) is 44.8 Å². The Kier molecular flexibility index (Phi) is 4.40. The molecule has 3 amide bonds. The molecule has 1 aromatic carbocycles. The highest BCUT2D eigenvalue weighted by Gasteiger charge is 2.62. The summed E-state index contributed by atoms with van der Waals surface area (Å²) in [5.41, 5.74) is 2.83. The van der Waals surface area contributed by atoms with Gasteiger partial charge < -0.3 is 9.47 Å². The Morgan fingerprint density at radius 2 is 1.77 bits per heavy atom. The van der Waals surface area contributed by atoms with Crippen molar-refractivity contribution in [3.05, 3.63) is 29.8 Å². The molecule has 4 rings (SSSR count). The van der Waals surface area contributed by atoms with Crippen LogP contribution in [0.2, 0.25) is 0 Å². The number of rotatable bonds is 6. The van der Waals surface area contributed by atoms with Crippen molar-refractivity contribution in [1.29, 1.82) is 0 Å². The first kappa shape index (κ1) is 17.0. The van der Waals surface area contributed by atoms with Gasteiger partial charge in [-0.25, -0.2) is 0 Å². The number of carbonyl (C=O) groups excluding carboxylic acids is 3. The van der Waals surface area contributed by atoms with Crippen LogP contribution in [-0.4, -0.2) is 41.5 Å². The van der Waals surface area contributed by atoms with Gasteiger partial charge in [0, 0.05) is 5.56 Å². The summed E-state index contributed by atoms with van der Waals surface area (Å²) < 4.78 is 11.2. The number of carbonyl (C=O) groups is 3. The average Bonchev–Trinajstić information content (AvgIpc) is 3.32. The molecule has 3 aliphatic rings. The van der Waals surface area contributed by atoms with Crippen molar-refractivity contribution < 1.29 is 23.9 Å². The van der Waals surface area contributed by atoms with E-state index in [1.54, 1.807) is 24.3 Å². The number of amides is 3. The zero-order valence-electron chi connectivity index (χ0n) is 14.6. The summed E-state index contributed by atoms with van der Waals surface area (Å²) in [5, 5.41) is 0.886. The summed E-state index contributed by atoms with van der Waals surface area (Å²) in [6, 6.07) is 6.66. The highest BCUT2D eigenvalue weighted by atomic mass is 16.5. The van der Waals surface area contributed by atoms with Crippen molar-refractivity contribution >= 4 is 17.7 Å². The summed E-state index contributed by atoms with van der Waals surface area (Å²) >= 11 is 0. The number of benzene rings is 1. The number of nitrogens with one attached hydrogen (secondary N) is 1. The van der Waals surface area contributed by atoms with Crippen LogP contribution in [0.4, 0.5) is 0 Å². The number of imide groups is 1. The molecule has 7 nitrogen and oxygen atoms in total. The smallest absolute Gasteiger partial charge is 0.270 e. The Bertz CT molecular complexity index is 704. The third-order valence-corrected chi connectivity index (χ3v) is 5.38. The molecule has 0 aliphatic carbocycles. The van der Waals surface area contributed by atoms with E-state index >= 15 is 0 Å². The van der Waals surface area contributed by atoms with Gasteiger partial charge in [-0.1, -0.05) is 13.3 Å². The van der Waals surface area contributed by atoms with E-state index in [-0.39, 0.29) is 24.0 Å². The summed E-state index contributed by atoms with van der Waals surface area (Å²) in [4.78, 5) is 37.5. The Morgan fingerprint density at radius 1 is 1.15 bits per heavy atom. The van der Waals surface area contributed by atoms with Crippen molar-refractivity contribution in [1.82, 2.24) is 10.4 Å². The molecular formula is C19H22N2O5. The maximum atomic E-state index is 12.5. The number of hydrogen-bond acceptors (Lipinski definition) is 5. The first-order chi connectivity index (χ1) is 12.6. The van der Waals surface area contributed by atoms with Gasteiger partial charge in [-0.05, 0) is 43.5 Å². The monoisotopic (exact) mass is 358 g/mol. The van der Waals surface area contributed by atoms with Gasteiger partial charge in [-0.15, -0.1) is 0 Å². The number of unbranched alkanes of at least 4 members (excludes halogenated alkanes) is 1. The molecular weight excluding hydrogens is 336 g/mol. The van der Waals surface area contributed by atoms with E-state index in [1.807, 2.05) is 0 Å². The van der Waals surface area contributed by atoms with Gasteiger partial charge in [0.15, 0.2) is 0 Å². The van der Waals surface area contributed by atoms with Gasteiger partial charge in [0.25, 0.3) is 17.7 Å². The number of ether oxygens (including phenoxy) is 2. The van der Waals surface area contributed by atoms with Gasteiger partial charge in [0.05, 0.1) is 30.7 Å². The standard InChI is InChI=1S/C19H22N2O5/c1-2-3-10-25-12-6-4-11(5-7-12)17(22)20-21-18(23)15-13-8-9-14(26-13)16(15)19(21)24/h4-7,13-16H,2-3,8-10H2,1H3,(H,20,22)/t13-,14-,15-,16+/m0/s1. The first-order valence-corrected chi connectivity index (χ1v) is 9.17. The molecule has 1 N–H and O–H groups in total. The van der Waals surface area contributed by atoms with Crippen molar-refractivity contribution in [2.24, 2.45) is 11.8 Å². The van der Waals surface area contributed by atoms with Crippen LogP contribution in [-0.2, 0) is 14.3 Å². The zero-order chi connectivity index (χ0) is 18.3. The molecule has 3 heterocycles. The highest BCUT2D eigenvalue weighted by molar-refractivity contribution is 6.08. The predicted octanol–water partition coefficient (Wildman–Crippen LogP) is 1.67. The summed E-state index contributed by atoms with van der Waals surface area (Å²) in [7, 11) is 0. The fourth-order valence-electron chi connectivity index (χ4n) is 4.03. The molecule has 3 aliphatic heterocycles. The van der Waals surface area contributed by atoms with Crippen LogP contribution in [0, 0.1) is 11.8 Å². The van der Waals surface area contributed by atoms with Gasteiger partial charge in [0.2, 0.25) is 0 Å². The van der Waals surface area contributed by atoms with E-state index in [0.29, 0.717) is 17.9 Å². The van der Waals surface area contributed by atoms with Crippen molar-refractivity contribution in [3.63, 3.8) is 0 Å². The van der Waals surface area contributed by atoms with Crippen LogP contribution in [0.3, 0.4) is 0 Å². The Morgan fingerprint density at radius 3 is 2.35 bits per heavy atom. The minimum atomic E-state index is -0.486. The average molecular weight is 358 g/mol. The van der Waals surface area contributed by atoms with Crippen LogP contribution >= 0.6 is 0 Å². The molecule has 4 atom stereocenters. The second-order valence-corrected chi connectivity index (χ2v) is 7.02. The molecule has 0 radical (unpaired) electrons. The van der Waals surface area contributed by atoms with Crippen molar-refractivity contribution in [2.75, 3.05) is 6.61 Å². The van der Waals surface area contributed by atoms with Gasteiger partial charge in [-0.2, -0.15) is 5.01 Å². The van der Waals surface area contributed by atoms with E-state index < -0.39 is 17.7 Å². The zero-order valence-corrected chi connectivity index (χ0v) is 14.6. The Labute approximate surface area is 151 Å². The second-order valence-electron chi connectivity index (χ2n) is 7.02. The molecule has 0 unspecified atom stereocenters. The largest absolute Gasteiger partial charge is 0.494 e. The lowest BCUT2D eigenvalue weighted by Crippen LogP contribution is -2.47. The first-order valence-electron chi connectivity index (χ1n) is 9.17. The lowest BCUT2D eigenvalue weighted by molar-refractivity contribution is -0.145. The van der Waals surface area contributed by atoms with Crippen LogP contribution in [0.1, 0.15) is 43.0 Å². The van der Waals surface area contributed by atoms with E-state index in [2.05, 4.69) is 12.3 Å². The molecule has 3 fully saturated rings.